The molecule has 0 amide bonds. The van der Waals surface area contributed by atoms with Crippen molar-refractivity contribution in [3.63, 3.8) is 0 Å². The Balaban J connectivity index is 1.48. The lowest BCUT2D eigenvalue weighted by Crippen LogP contribution is -2.57. The quantitative estimate of drug-likeness (QED) is 0.499. The smallest absolute Gasteiger partial charge is 0.0835 e. The van der Waals surface area contributed by atoms with Gasteiger partial charge in [-0.15, -0.1) is 0 Å². The van der Waals surface area contributed by atoms with Crippen molar-refractivity contribution in [3.05, 3.63) is 0 Å². The Morgan fingerprint density at radius 2 is 1.67 bits per heavy atom. The molecule has 0 spiro atoms. The van der Waals surface area contributed by atoms with E-state index in [9.17, 15) is 5.11 Å². The van der Waals surface area contributed by atoms with E-state index in [0.29, 0.717) is 16.7 Å². The summed E-state index contributed by atoms with van der Waals surface area (Å²) in [5.74, 6) is 6.11. The lowest BCUT2D eigenvalue weighted by molar-refractivity contribution is -0.167. The van der Waals surface area contributed by atoms with E-state index in [1.54, 1.807) is 7.11 Å². The van der Waals surface area contributed by atoms with Crippen LogP contribution >= 0.6 is 0 Å². The van der Waals surface area contributed by atoms with Crippen LogP contribution < -0.4 is 0 Å². The zero-order chi connectivity index (χ0) is 21.7. The summed E-state index contributed by atoms with van der Waals surface area (Å²) in [6, 6.07) is 0. The van der Waals surface area contributed by atoms with Gasteiger partial charge in [-0.1, -0.05) is 53.9 Å². The predicted octanol–water partition coefficient (Wildman–Crippen LogP) is 7.09. The number of aliphatic hydroxyl groups is 1. The second kappa shape index (κ2) is 8.69. The molecule has 4 fully saturated rings. The van der Waals surface area contributed by atoms with E-state index in [4.69, 9.17) is 4.74 Å². The number of rotatable bonds is 6. The van der Waals surface area contributed by atoms with Crippen LogP contribution in [0.2, 0.25) is 0 Å². The van der Waals surface area contributed by atoms with E-state index >= 15 is 0 Å². The summed E-state index contributed by atoms with van der Waals surface area (Å²) in [4.78, 5) is 0. The van der Waals surface area contributed by atoms with Crippen molar-refractivity contribution in [2.45, 2.75) is 117 Å². The highest BCUT2D eigenvalue weighted by Crippen LogP contribution is 2.68. The van der Waals surface area contributed by atoms with Gasteiger partial charge >= 0.3 is 0 Å². The minimum Gasteiger partial charge on any atom is -0.390 e. The summed E-state index contributed by atoms with van der Waals surface area (Å²) in [5, 5.41) is 10.6. The first kappa shape index (κ1) is 23.1. The number of hydrogen-bond donors (Lipinski definition) is 1. The molecule has 0 bridgehead atoms. The van der Waals surface area contributed by atoms with Gasteiger partial charge in [0.2, 0.25) is 0 Å². The molecule has 10 atom stereocenters. The van der Waals surface area contributed by atoms with Crippen molar-refractivity contribution < 1.29 is 9.84 Å². The lowest BCUT2D eigenvalue weighted by atomic mass is 9.44. The zero-order valence-corrected chi connectivity index (χ0v) is 20.8. The van der Waals surface area contributed by atoms with Crippen LogP contribution in [0.5, 0.6) is 0 Å². The second-order valence-electron chi connectivity index (χ2n) is 13.0. The van der Waals surface area contributed by atoms with Crippen LogP contribution in [-0.2, 0) is 4.74 Å². The Hall–Kier alpha value is -0.0800. The molecular formula is C28H50O2. The molecule has 0 aromatic carbocycles. The Kier molecular flexibility index (Phi) is 6.69. The highest BCUT2D eigenvalue weighted by atomic mass is 16.5. The number of hydrogen-bond acceptors (Lipinski definition) is 2. The highest BCUT2D eigenvalue weighted by Gasteiger charge is 2.61. The largest absolute Gasteiger partial charge is 0.390 e. The van der Waals surface area contributed by atoms with E-state index < -0.39 is 0 Å². The summed E-state index contributed by atoms with van der Waals surface area (Å²) >= 11 is 0. The molecule has 0 aromatic heterocycles. The van der Waals surface area contributed by atoms with Crippen molar-refractivity contribution in [3.8, 4) is 0 Å². The Bertz CT molecular complexity index is 587. The Morgan fingerprint density at radius 3 is 2.37 bits per heavy atom. The molecule has 0 heterocycles. The molecule has 3 unspecified atom stereocenters. The molecule has 30 heavy (non-hydrogen) atoms. The van der Waals surface area contributed by atoms with Crippen LogP contribution in [0.25, 0.3) is 0 Å². The molecule has 4 aliphatic carbocycles. The minimum absolute atomic E-state index is 0.0515. The van der Waals surface area contributed by atoms with Gasteiger partial charge in [-0.3, -0.25) is 0 Å². The number of fused-ring (bicyclic) bond motifs is 5. The summed E-state index contributed by atoms with van der Waals surface area (Å²) in [6.45, 7) is 12.6. The van der Waals surface area contributed by atoms with E-state index in [-0.39, 0.29) is 12.2 Å². The normalized spacial score (nSPS) is 49.4. The molecule has 4 rings (SSSR count). The molecule has 2 heteroatoms. The second-order valence-corrected chi connectivity index (χ2v) is 13.0. The number of aliphatic hydroxyl groups excluding tert-OH is 1. The van der Waals surface area contributed by atoms with Crippen LogP contribution in [0.4, 0.5) is 0 Å². The third-order valence-corrected chi connectivity index (χ3v) is 11.2. The summed E-state index contributed by atoms with van der Waals surface area (Å²) in [7, 11) is 1.80. The Labute approximate surface area is 186 Å². The topological polar surface area (TPSA) is 29.5 Å². The SMILES string of the molecule is COC1C[C@@]2(C)C(CC[C@H]3[C@@H]4CC[C@H]([C@H](C)CCCC(C)C)[C@@]4(C)CC[C@@H]32)CC1O. The van der Waals surface area contributed by atoms with Gasteiger partial charge in [0.05, 0.1) is 12.2 Å². The van der Waals surface area contributed by atoms with Crippen molar-refractivity contribution in [1.29, 1.82) is 0 Å². The van der Waals surface area contributed by atoms with Gasteiger partial charge in [0.1, 0.15) is 0 Å². The first-order valence-electron chi connectivity index (χ1n) is 13.4. The fraction of sp³-hybridized carbons (Fsp3) is 1.00. The van der Waals surface area contributed by atoms with Crippen molar-refractivity contribution in [2.24, 2.45) is 52.3 Å². The van der Waals surface area contributed by atoms with Gasteiger partial charge in [-0.05, 0) is 104 Å². The summed E-state index contributed by atoms with van der Waals surface area (Å²) in [6.07, 6.45) is 14.7. The Morgan fingerprint density at radius 1 is 0.933 bits per heavy atom. The maximum Gasteiger partial charge on any atom is 0.0835 e. The van der Waals surface area contributed by atoms with E-state index in [1.165, 1.54) is 57.8 Å². The predicted molar refractivity (Wildman–Crippen MR) is 125 cm³/mol. The molecule has 0 radical (unpaired) electrons. The summed E-state index contributed by atoms with van der Waals surface area (Å²) < 4.78 is 5.76. The lowest BCUT2D eigenvalue weighted by Gasteiger charge is -2.62. The van der Waals surface area contributed by atoms with Crippen LogP contribution in [0.15, 0.2) is 0 Å². The van der Waals surface area contributed by atoms with Crippen LogP contribution in [0, 0.1) is 52.3 Å². The van der Waals surface area contributed by atoms with Gasteiger partial charge < -0.3 is 9.84 Å². The molecule has 174 valence electrons. The van der Waals surface area contributed by atoms with Gasteiger partial charge in [0.25, 0.3) is 0 Å². The van der Waals surface area contributed by atoms with Crippen LogP contribution in [0.3, 0.4) is 0 Å². The monoisotopic (exact) mass is 418 g/mol. The first-order chi connectivity index (χ1) is 14.2. The third kappa shape index (κ3) is 3.81. The average Bonchev–Trinajstić information content (AvgIpc) is 3.05. The van der Waals surface area contributed by atoms with Gasteiger partial charge in [0.15, 0.2) is 0 Å². The fourth-order valence-corrected chi connectivity index (χ4v) is 9.52. The minimum atomic E-state index is -0.249. The van der Waals surface area contributed by atoms with E-state index in [0.717, 1.165) is 48.3 Å². The molecule has 2 nitrogen and oxygen atoms in total. The van der Waals surface area contributed by atoms with Crippen molar-refractivity contribution in [2.75, 3.05) is 7.11 Å². The van der Waals surface area contributed by atoms with Crippen LogP contribution in [0.1, 0.15) is 105 Å². The number of ether oxygens (including phenoxy) is 1. The van der Waals surface area contributed by atoms with E-state index in [1.807, 2.05) is 0 Å². The summed E-state index contributed by atoms with van der Waals surface area (Å²) in [5.41, 5.74) is 0.960. The fourth-order valence-electron chi connectivity index (χ4n) is 9.52. The standard InChI is InChI=1S/C28H50O2/c1-18(2)8-7-9-19(3)22-12-13-23-21-11-10-20-16-25(29)26(30-6)17-28(20,5)24(21)14-15-27(22,23)4/h18-26,29H,7-17H2,1-6H3/t19-,20?,21+,22-,23+,24+,25?,26?,27-,28+/m1/s1. The molecule has 0 aliphatic heterocycles. The van der Waals surface area contributed by atoms with Crippen molar-refractivity contribution >= 4 is 0 Å². The molecule has 1 N–H and O–H groups in total. The van der Waals surface area contributed by atoms with Gasteiger partial charge in [-0.2, -0.15) is 0 Å². The third-order valence-electron chi connectivity index (χ3n) is 11.2. The maximum atomic E-state index is 10.6. The molecule has 4 aliphatic rings. The van der Waals surface area contributed by atoms with Crippen LogP contribution in [-0.4, -0.2) is 24.4 Å². The van der Waals surface area contributed by atoms with E-state index in [2.05, 4.69) is 34.6 Å². The number of methoxy groups -OCH3 is 1. The molecule has 0 saturated heterocycles. The molecular weight excluding hydrogens is 368 g/mol. The van der Waals surface area contributed by atoms with Crippen molar-refractivity contribution in [1.82, 2.24) is 0 Å². The van der Waals surface area contributed by atoms with Gasteiger partial charge in [-0.25, -0.2) is 0 Å². The maximum absolute atomic E-state index is 10.6. The zero-order valence-electron chi connectivity index (χ0n) is 20.8. The highest BCUT2D eigenvalue weighted by molar-refractivity contribution is 5.10. The average molecular weight is 419 g/mol. The first-order valence-corrected chi connectivity index (χ1v) is 13.4. The molecule has 4 saturated carbocycles. The molecule has 0 aromatic rings. The van der Waals surface area contributed by atoms with Gasteiger partial charge in [0, 0.05) is 7.11 Å².